The second-order valence-electron chi connectivity index (χ2n) is 8.65. The molecule has 0 radical (unpaired) electrons. The first-order chi connectivity index (χ1) is 15.4. The number of anilines is 1. The van der Waals surface area contributed by atoms with Crippen molar-refractivity contribution in [3.05, 3.63) is 50.7 Å². The van der Waals surface area contributed by atoms with Crippen molar-refractivity contribution in [3.8, 4) is 5.75 Å². The second-order valence-corrected chi connectivity index (χ2v) is 8.65. The average Bonchev–Trinajstić information content (AvgIpc) is 3.16. The highest BCUT2D eigenvalue weighted by atomic mass is 16.5. The molecule has 1 aliphatic rings. The van der Waals surface area contributed by atoms with E-state index in [1.165, 1.54) is 4.57 Å². The fraction of sp³-hybridized carbons (Fsp3) is 0.522. The fourth-order valence-corrected chi connectivity index (χ4v) is 4.16. The van der Waals surface area contributed by atoms with E-state index in [9.17, 15) is 14.7 Å². The van der Waals surface area contributed by atoms with Crippen LogP contribution in [-0.2, 0) is 20.0 Å². The molecule has 172 valence electrons. The number of aliphatic hydroxyl groups excluding tert-OH is 1. The number of piperidine rings is 1. The molecule has 0 bridgehead atoms. The molecule has 4 rings (SSSR count). The third kappa shape index (κ3) is 4.43. The number of hydrogen-bond acceptors (Lipinski definition) is 6. The van der Waals surface area contributed by atoms with Crippen LogP contribution in [0.5, 0.6) is 5.75 Å². The van der Waals surface area contributed by atoms with Gasteiger partial charge in [-0.25, -0.2) is 4.79 Å². The first kappa shape index (κ1) is 22.1. The number of H-pyrrole nitrogens is 1. The van der Waals surface area contributed by atoms with Gasteiger partial charge in [-0.3, -0.25) is 14.3 Å². The second kappa shape index (κ2) is 9.20. The molecule has 0 spiro atoms. The summed E-state index contributed by atoms with van der Waals surface area (Å²) in [6, 6.07) is 7.78. The monoisotopic (exact) mass is 441 g/mol. The average molecular weight is 442 g/mol. The molecule has 2 aromatic heterocycles. The Bertz CT molecular complexity index is 1200. The third-order valence-electron chi connectivity index (χ3n) is 6.20. The molecule has 1 aromatic carbocycles. The Labute approximate surface area is 186 Å². The molecule has 1 saturated heterocycles. The van der Waals surface area contributed by atoms with Gasteiger partial charge in [0.1, 0.15) is 18.5 Å². The fourth-order valence-electron chi connectivity index (χ4n) is 4.16. The topological polar surface area (TPSA) is 105 Å². The summed E-state index contributed by atoms with van der Waals surface area (Å²) >= 11 is 0. The summed E-state index contributed by atoms with van der Waals surface area (Å²) in [4.78, 5) is 33.9. The number of fused-ring (bicyclic) bond motifs is 1. The van der Waals surface area contributed by atoms with Gasteiger partial charge in [0.2, 0.25) is 5.95 Å². The predicted octanol–water partition coefficient (Wildman–Crippen LogP) is 1.66. The highest BCUT2D eigenvalue weighted by molar-refractivity contribution is 5.74. The van der Waals surface area contributed by atoms with E-state index in [-0.39, 0.29) is 18.7 Å². The van der Waals surface area contributed by atoms with Crippen LogP contribution in [0.15, 0.2) is 33.9 Å². The lowest BCUT2D eigenvalue weighted by Crippen LogP contribution is -2.36. The Kier molecular flexibility index (Phi) is 6.36. The number of aryl methyl sites for hydroxylation is 2. The molecule has 3 aromatic rings. The number of benzene rings is 1. The zero-order valence-corrected chi connectivity index (χ0v) is 18.9. The molecular weight excluding hydrogens is 410 g/mol. The van der Waals surface area contributed by atoms with E-state index in [2.05, 4.69) is 28.7 Å². The van der Waals surface area contributed by atoms with Crippen LogP contribution >= 0.6 is 0 Å². The van der Waals surface area contributed by atoms with E-state index in [0.29, 0.717) is 23.3 Å². The van der Waals surface area contributed by atoms with Gasteiger partial charge in [0.15, 0.2) is 11.2 Å². The zero-order valence-electron chi connectivity index (χ0n) is 18.9. The van der Waals surface area contributed by atoms with E-state index < -0.39 is 17.4 Å². The SMILES string of the molecule is CCc1cccc(OC[C@@H](O)Cn2c(N3CCC(C)CC3)nc3c2c(=O)[nH]c(=O)n3C)c1. The molecule has 32 heavy (non-hydrogen) atoms. The number of hydrogen-bond donors (Lipinski definition) is 2. The third-order valence-corrected chi connectivity index (χ3v) is 6.20. The van der Waals surface area contributed by atoms with Gasteiger partial charge >= 0.3 is 5.69 Å². The van der Waals surface area contributed by atoms with E-state index in [1.807, 2.05) is 24.3 Å². The van der Waals surface area contributed by atoms with Crippen LogP contribution in [0.1, 0.15) is 32.3 Å². The van der Waals surface area contributed by atoms with Crippen molar-refractivity contribution >= 4 is 17.1 Å². The number of ether oxygens (including phenoxy) is 1. The molecule has 0 aliphatic carbocycles. The minimum absolute atomic E-state index is 0.0764. The highest BCUT2D eigenvalue weighted by Crippen LogP contribution is 2.25. The number of aliphatic hydroxyl groups is 1. The van der Waals surface area contributed by atoms with Crippen LogP contribution in [0.3, 0.4) is 0 Å². The van der Waals surface area contributed by atoms with E-state index in [0.717, 1.165) is 37.9 Å². The largest absolute Gasteiger partial charge is 0.491 e. The summed E-state index contributed by atoms with van der Waals surface area (Å²) in [7, 11) is 1.58. The quantitative estimate of drug-likeness (QED) is 0.578. The molecular formula is C23H31N5O4. The van der Waals surface area contributed by atoms with Gasteiger partial charge in [-0.15, -0.1) is 0 Å². The van der Waals surface area contributed by atoms with Crippen LogP contribution < -0.4 is 20.9 Å². The number of aromatic amines is 1. The molecule has 9 nitrogen and oxygen atoms in total. The summed E-state index contributed by atoms with van der Waals surface area (Å²) in [6.45, 7) is 6.13. The number of nitrogens with zero attached hydrogens (tertiary/aromatic N) is 4. The Hall–Kier alpha value is -3.07. The summed E-state index contributed by atoms with van der Waals surface area (Å²) in [5.41, 5.74) is 0.747. The molecule has 1 aliphatic heterocycles. The van der Waals surface area contributed by atoms with Gasteiger partial charge in [-0.1, -0.05) is 26.0 Å². The number of aromatic nitrogens is 4. The van der Waals surface area contributed by atoms with Crippen molar-refractivity contribution in [1.29, 1.82) is 0 Å². The Morgan fingerprint density at radius 1 is 1.28 bits per heavy atom. The first-order valence-electron chi connectivity index (χ1n) is 11.2. The standard InChI is InChI=1S/C23H31N5O4/c1-4-16-6-5-7-18(12-16)32-14-17(29)13-28-19-20(26(3)23(31)25-21(19)30)24-22(28)27-10-8-15(2)9-11-27/h5-7,12,15,17,29H,4,8-11,13-14H2,1-3H3,(H,25,30,31)/t17-/m0/s1. The smallest absolute Gasteiger partial charge is 0.329 e. The van der Waals surface area contributed by atoms with Crippen molar-refractivity contribution < 1.29 is 9.84 Å². The number of imidazole rings is 1. The predicted molar refractivity (Wildman–Crippen MR) is 124 cm³/mol. The highest BCUT2D eigenvalue weighted by Gasteiger charge is 2.25. The van der Waals surface area contributed by atoms with E-state index in [1.54, 1.807) is 11.6 Å². The minimum atomic E-state index is -0.864. The lowest BCUT2D eigenvalue weighted by molar-refractivity contribution is 0.0935. The summed E-state index contributed by atoms with van der Waals surface area (Å²) in [5, 5.41) is 10.8. The molecule has 9 heteroatoms. The molecule has 2 N–H and O–H groups in total. The molecule has 0 unspecified atom stereocenters. The molecule has 0 saturated carbocycles. The maximum atomic E-state index is 12.7. The Morgan fingerprint density at radius 3 is 2.75 bits per heavy atom. The van der Waals surface area contributed by atoms with Crippen LogP contribution in [0, 0.1) is 5.92 Å². The van der Waals surface area contributed by atoms with Crippen LogP contribution in [0.4, 0.5) is 5.95 Å². The van der Waals surface area contributed by atoms with Gasteiger partial charge in [-0.05, 0) is 42.9 Å². The number of nitrogens with one attached hydrogen (secondary N) is 1. The zero-order chi connectivity index (χ0) is 22.8. The summed E-state index contributed by atoms with van der Waals surface area (Å²) < 4.78 is 8.86. The van der Waals surface area contributed by atoms with Crippen molar-refractivity contribution in [2.75, 3.05) is 24.6 Å². The van der Waals surface area contributed by atoms with E-state index in [4.69, 9.17) is 4.74 Å². The van der Waals surface area contributed by atoms with Crippen LogP contribution in [-0.4, -0.2) is 50.0 Å². The van der Waals surface area contributed by atoms with Crippen LogP contribution in [0.2, 0.25) is 0 Å². The van der Waals surface area contributed by atoms with Crippen LogP contribution in [0.25, 0.3) is 11.2 Å². The van der Waals surface area contributed by atoms with Crippen molar-refractivity contribution in [2.45, 2.75) is 45.8 Å². The van der Waals surface area contributed by atoms with Gasteiger partial charge in [0.25, 0.3) is 5.56 Å². The lowest BCUT2D eigenvalue weighted by atomic mass is 10.00. The number of rotatable bonds is 7. The van der Waals surface area contributed by atoms with Gasteiger partial charge in [0.05, 0.1) is 6.54 Å². The van der Waals surface area contributed by atoms with Gasteiger partial charge in [-0.2, -0.15) is 4.98 Å². The summed E-state index contributed by atoms with van der Waals surface area (Å²) in [5.74, 6) is 1.93. The molecule has 0 amide bonds. The van der Waals surface area contributed by atoms with Gasteiger partial charge < -0.3 is 19.3 Å². The lowest BCUT2D eigenvalue weighted by Gasteiger charge is -2.31. The maximum Gasteiger partial charge on any atom is 0.329 e. The van der Waals surface area contributed by atoms with Crippen molar-refractivity contribution in [1.82, 2.24) is 19.1 Å². The summed E-state index contributed by atoms with van der Waals surface area (Å²) in [6.07, 6.45) is 2.09. The van der Waals surface area contributed by atoms with E-state index >= 15 is 0 Å². The molecule has 1 atom stereocenters. The minimum Gasteiger partial charge on any atom is -0.491 e. The Balaban J connectivity index is 1.63. The maximum absolute atomic E-state index is 12.7. The van der Waals surface area contributed by atoms with Crippen molar-refractivity contribution in [2.24, 2.45) is 13.0 Å². The first-order valence-corrected chi connectivity index (χ1v) is 11.2. The molecule has 1 fully saturated rings. The molecule has 3 heterocycles. The van der Waals surface area contributed by atoms with Crippen molar-refractivity contribution in [3.63, 3.8) is 0 Å². The normalized spacial score (nSPS) is 15.9. The Morgan fingerprint density at radius 2 is 2.03 bits per heavy atom. The van der Waals surface area contributed by atoms with Gasteiger partial charge in [0, 0.05) is 20.1 Å².